The molecule has 1 aromatic heterocycles. The Kier molecular flexibility index (Phi) is 2.95. The summed E-state index contributed by atoms with van der Waals surface area (Å²) >= 11 is 1.67. The molecule has 0 aliphatic heterocycles. The van der Waals surface area contributed by atoms with Crippen LogP contribution in [-0.4, -0.2) is 4.98 Å². The fourth-order valence-corrected chi connectivity index (χ4v) is 2.62. The Morgan fingerprint density at radius 2 is 1.83 bits per heavy atom. The molecule has 0 unspecified atom stereocenters. The smallest absolute Gasteiger partial charge is 0.116 e. The second-order valence-corrected chi connectivity index (χ2v) is 5.16. The molecule has 2 aromatic carbocycles. The second kappa shape index (κ2) is 4.75. The van der Waals surface area contributed by atoms with E-state index in [1.807, 2.05) is 6.92 Å². The number of hydrogen-bond acceptors (Lipinski definition) is 2. The van der Waals surface area contributed by atoms with Gasteiger partial charge in [-0.1, -0.05) is 42.5 Å². The van der Waals surface area contributed by atoms with Crippen molar-refractivity contribution < 1.29 is 0 Å². The Morgan fingerprint density at radius 3 is 2.61 bits per heavy atom. The summed E-state index contributed by atoms with van der Waals surface area (Å²) in [6.45, 7) is 2.02. The lowest BCUT2D eigenvalue weighted by Crippen LogP contribution is -1.75. The molecule has 88 valence electrons. The first kappa shape index (κ1) is 11.2. The quantitative estimate of drug-likeness (QED) is 0.639. The average Bonchev–Trinajstić information content (AvgIpc) is 2.82. The van der Waals surface area contributed by atoms with E-state index in [0.29, 0.717) is 0 Å². The molecule has 0 fully saturated rings. The molecule has 3 aromatic rings. The van der Waals surface area contributed by atoms with Crippen molar-refractivity contribution in [2.45, 2.75) is 6.92 Å². The third kappa shape index (κ3) is 2.34. The van der Waals surface area contributed by atoms with Gasteiger partial charge in [0.05, 0.1) is 0 Å². The summed E-state index contributed by atoms with van der Waals surface area (Å²) in [7, 11) is 0. The molecule has 1 heterocycles. The molecule has 3 rings (SSSR count). The summed E-state index contributed by atoms with van der Waals surface area (Å²) in [6.07, 6.45) is 4.19. The van der Waals surface area contributed by atoms with Gasteiger partial charge in [0, 0.05) is 11.1 Å². The molecule has 0 aliphatic carbocycles. The fraction of sp³-hybridized carbons (Fsp3) is 0.0625. The van der Waals surface area contributed by atoms with Gasteiger partial charge in [-0.25, -0.2) is 4.98 Å². The Bertz CT molecular complexity index is 710. The largest absolute Gasteiger partial charge is 0.242 e. The number of benzene rings is 2. The fourth-order valence-electron chi connectivity index (χ4n) is 1.93. The molecule has 0 bridgehead atoms. The highest BCUT2D eigenvalue weighted by Gasteiger charge is 1.95. The first-order chi connectivity index (χ1) is 8.81. The van der Waals surface area contributed by atoms with Crippen LogP contribution in [0.3, 0.4) is 0 Å². The number of thiazole rings is 1. The number of hydrogen-bond donors (Lipinski definition) is 0. The van der Waals surface area contributed by atoms with E-state index in [2.05, 4.69) is 65.0 Å². The zero-order chi connectivity index (χ0) is 12.4. The summed E-state index contributed by atoms with van der Waals surface area (Å²) in [6, 6.07) is 14.9. The van der Waals surface area contributed by atoms with Crippen molar-refractivity contribution in [2.75, 3.05) is 0 Å². The molecule has 0 saturated carbocycles. The zero-order valence-corrected chi connectivity index (χ0v) is 10.9. The van der Waals surface area contributed by atoms with E-state index in [1.54, 1.807) is 11.3 Å². The second-order valence-electron chi connectivity index (χ2n) is 4.27. The van der Waals surface area contributed by atoms with Crippen LogP contribution in [0.2, 0.25) is 0 Å². The molecule has 0 spiro atoms. The maximum atomic E-state index is 4.42. The molecule has 0 amide bonds. The monoisotopic (exact) mass is 251 g/mol. The Labute approximate surface area is 110 Å². The van der Waals surface area contributed by atoms with Gasteiger partial charge in [0.2, 0.25) is 0 Å². The highest BCUT2D eigenvalue weighted by Crippen LogP contribution is 2.18. The van der Waals surface area contributed by atoms with Crippen LogP contribution in [0.25, 0.3) is 22.9 Å². The highest BCUT2D eigenvalue weighted by molar-refractivity contribution is 7.10. The molecule has 0 N–H and O–H groups in total. The van der Waals surface area contributed by atoms with Crippen molar-refractivity contribution in [1.29, 1.82) is 0 Å². The molecule has 0 atom stereocenters. The summed E-state index contributed by atoms with van der Waals surface area (Å²) in [5.41, 5.74) is 2.29. The average molecular weight is 251 g/mol. The van der Waals surface area contributed by atoms with Gasteiger partial charge in [-0.05, 0) is 35.4 Å². The normalized spacial score (nSPS) is 11.4. The third-order valence-electron chi connectivity index (χ3n) is 2.83. The summed E-state index contributed by atoms with van der Waals surface area (Å²) < 4.78 is 0. The molecule has 0 radical (unpaired) electrons. The van der Waals surface area contributed by atoms with E-state index >= 15 is 0 Å². The summed E-state index contributed by atoms with van der Waals surface area (Å²) in [4.78, 5) is 4.42. The molecule has 2 heteroatoms. The number of rotatable bonds is 2. The Balaban J connectivity index is 1.93. The van der Waals surface area contributed by atoms with Crippen LogP contribution in [0.5, 0.6) is 0 Å². The highest BCUT2D eigenvalue weighted by atomic mass is 32.1. The Hall–Kier alpha value is -1.93. The minimum absolute atomic E-state index is 1.06. The van der Waals surface area contributed by atoms with E-state index in [-0.39, 0.29) is 0 Å². The molecule has 0 aliphatic rings. The zero-order valence-electron chi connectivity index (χ0n) is 10.1. The summed E-state index contributed by atoms with van der Waals surface area (Å²) in [5, 5.41) is 5.68. The van der Waals surface area contributed by atoms with Crippen LogP contribution in [0, 0.1) is 6.92 Å². The SMILES string of the molecule is Cc1csc(/C=C/c2ccc3ccccc3c2)n1. The van der Waals surface area contributed by atoms with Crippen LogP contribution >= 0.6 is 11.3 Å². The van der Waals surface area contributed by atoms with E-state index in [9.17, 15) is 0 Å². The van der Waals surface area contributed by atoms with Crippen molar-refractivity contribution in [3.05, 3.63) is 64.1 Å². The molecule has 18 heavy (non-hydrogen) atoms. The van der Waals surface area contributed by atoms with Crippen molar-refractivity contribution in [2.24, 2.45) is 0 Å². The first-order valence-corrected chi connectivity index (χ1v) is 6.78. The van der Waals surface area contributed by atoms with Crippen LogP contribution < -0.4 is 0 Å². The van der Waals surface area contributed by atoms with Gasteiger partial charge in [0.15, 0.2) is 0 Å². The lowest BCUT2D eigenvalue weighted by atomic mass is 10.1. The lowest BCUT2D eigenvalue weighted by molar-refractivity contribution is 1.25. The van der Waals surface area contributed by atoms with Gasteiger partial charge in [-0.15, -0.1) is 11.3 Å². The minimum Gasteiger partial charge on any atom is -0.242 e. The molecule has 0 saturated heterocycles. The van der Waals surface area contributed by atoms with Crippen LogP contribution in [0.1, 0.15) is 16.3 Å². The molecular formula is C16H13NS. The third-order valence-corrected chi connectivity index (χ3v) is 3.76. The van der Waals surface area contributed by atoms with Gasteiger partial charge >= 0.3 is 0 Å². The van der Waals surface area contributed by atoms with Crippen LogP contribution in [0.4, 0.5) is 0 Å². The number of fused-ring (bicyclic) bond motifs is 1. The first-order valence-electron chi connectivity index (χ1n) is 5.90. The van der Waals surface area contributed by atoms with E-state index < -0.39 is 0 Å². The molecule has 1 nitrogen and oxygen atoms in total. The van der Waals surface area contributed by atoms with Crippen molar-refractivity contribution in [3.63, 3.8) is 0 Å². The number of nitrogens with zero attached hydrogens (tertiary/aromatic N) is 1. The van der Waals surface area contributed by atoms with Gasteiger partial charge in [0.1, 0.15) is 5.01 Å². The van der Waals surface area contributed by atoms with E-state index in [1.165, 1.54) is 16.3 Å². The number of aromatic nitrogens is 1. The molecular weight excluding hydrogens is 238 g/mol. The van der Waals surface area contributed by atoms with Gasteiger partial charge in [-0.2, -0.15) is 0 Å². The lowest BCUT2D eigenvalue weighted by Gasteiger charge is -1.98. The maximum Gasteiger partial charge on any atom is 0.116 e. The van der Waals surface area contributed by atoms with Crippen LogP contribution in [-0.2, 0) is 0 Å². The van der Waals surface area contributed by atoms with Crippen LogP contribution in [0.15, 0.2) is 47.8 Å². The minimum atomic E-state index is 1.06. The van der Waals surface area contributed by atoms with Crippen molar-refractivity contribution in [3.8, 4) is 0 Å². The maximum absolute atomic E-state index is 4.42. The predicted octanol–water partition coefficient (Wildman–Crippen LogP) is 4.78. The van der Waals surface area contributed by atoms with Gasteiger partial charge < -0.3 is 0 Å². The summed E-state index contributed by atoms with van der Waals surface area (Å²) in [5.74, 6) is 0. The van der Waals surface area contributed by atoms with E-state index in [0.717, 1.165) is 10.7 Å². The van der Waals surface area contributed by atoms with Gasteiger partial charge in [0.25, 0.3) is 0 Å². The number of aryl methyl sites for hydroxylation is 1. The van der Waals surface area contributed by atoms with E-state index in [4.69, 9.17) is 0 Å². The van der Waals surface area contributed by atoms with Crippen molar-refractivity contribution >= 4 is 34.3 Å². The topological polar surface area (TPSA) is 12.9 Å². The van der Waals surface area contributed by atoms with Crippen molar-refractivity contribution in [1.82, 2.24) is 4.98 Å². The standard InChI is InChI=1S/C16H13NS/c1-12-11-18-16(17-12)9-7-13-6-8-14-4-2-3-5-15(14)10-13/h2-11H,1H3/b9-7+. The van der Waals surface area contributed by atoms with Gasteiger partial charge in [-0.3, -0.25) is 0 Å². The Morgan fingerprint density at radius 1 is 1.00 bits per heavy atom. The predicted molar refractivity (Wildman–Crippen MR) is 79.7 cm³/mol.